The minimum absolute atomic E-state index is 0.305. The number of aryl methyl sites for hydroxylation is 1. The number of benzene rings is 1. The van der Waals surface area contributed by atoms with E-state index in [2.05, 4.69) is 4.74 Å². The number of esters is 1. The topological polar surface area (TPSA) is 63.7 Å². The summed E-state index contributed by atoms with van der Waals surface area (Å²) >= 11 is 0.828. The Hall–Kier alpha value is -2.08. The van der Waals surface area contributed by atoms with Gasteiger partial charge in [-0.3, -0.25) is 14.5 Å². The largest absolute Gasteiger partial charge is 0.467 e. The second-order valence-electron chi connectivity index (χ2n) is 4.66. The Labute approximate surface area is 127 Å². The fourth-order valence-corrected chi connectivity index (χ4v) is 2.81. The van der Waals surface area contributed by atoms with E-state index >= 15 is 0 Å². The molecule has 0 radical (unpaired) electrons. The zero-order valence-electron chi connectivity index (χ0n) is 12.0. The maximum absolute atomic E-state index is 12.3. The Morgan fingerprint density at radius 2 is 1.90 bits per heavy atom. The van der Waals surface area contributed by atoms with Crippen LogP contribution in [0.4, 0.5) is 4.79 Å². The Morgan fingerprint density at radius 1 is 1.29 bits per heavy atom. The van der Waals surface area contributed by atoms with Crippen molar-refractivity contribution in [1.82, 2.24) is 4.90 Å². The number of ether oxygens (including phenoxy) is 1. The van der Waals surface area contributed by atoms with Crippen molar-refractivity contribution in [2.45, 2.75) is 19.9 Å². The zero-order chi connectivity index (χ0) is 15.6. The van der Waals surface area contributed by atoms with Gasteiger partial charge in [0.1, 0.15) is 6.04 Å². The highest BCUT2D eigenvalue weighted by molar-refractivity contribution is 8.18. The molecule has 21 heavy (non-hydrogen) atoms. The number of carbonyl (C=O) groups excluding carboxylic acids is 3. The fraction of sp³-hybridized carbons (Fsp3) is 0.267. The van der Waals surface area contributed by atoms with Crippen LogP contribution in [-0.4, -0.2) is 35.2 Å². The third-order valence-corrected chi connectivity index (χ3v) is 4.01. The van der Waals surface area contributed by atoms with Gasteiger partial charge in [0, 0.05) is 0 Å². The molecule has 1 aromatic rings. The van der Waals surface area contributed by atoms with Gasteiger partial charge in [0.25, 0.3) is 11.1 Å². The van der Waals surface area contributed by atoms with E-state index in [0.29, 0.717) is 4.91 Å². The highest BCUT2D eigenvalue weighted by atomic mass is 32.2. The molecule has 1 atom stereocenters. The summed E-state index contributed by atoms with van der Waals surface area (Å²) in [5, 5.41) is -0.462. The van der Waals surface area contributed by atoms with Crippen molar-refractivity contribution in [3.05, 3.63) is 40.3 Å². The van der Waals surface area contributed by atoms with Crippen LogP contribution in [0.1, 0.15) is 18.1 Å². The minimum Gasteiger partial charge on any atom is -0.467 e. The highest BCUT2D eigenvalue weighted by Crippen LogP contribution is 2.33. The van der Waals surface area contributed by atoms with Crippen LogP contribution in [0, 0.1) is 6.92 Å². The molecule has 0 spiro atoms. The maximum atomic E-state index is 12.3. The summed E-state index contributed by atoms with van der Waals surface area (Å²) in [4.78, 5) is 36.9. The number of nitrogens with zero attached hydrogens (tertiary/aromatic N) is 1. The number of imide groups is 1. The van der Waals surface area contributed by atoms with Crippen LogP contribution in [-0.2, 0) is 14.3 Å². The van der Waals surface area contributed by atoms with Gasteiger partial charge in [0.15, 0.2) is 0 Å². The lowest BCUT2D eigenvalue weighted by Gasteiger charge is -2.18. The summed E-state index contributed by atoms with van der Waals surface area (Å²) in [6.45, 7) is 3.44. The molecular formula is C15H15NO4S. The first-order chi connectivity index (χ1) is 9.93. The summed E-state index contributed by atoms with van der Waals surface area (Å²) < 4.78 is 4.57. The Balaban J connectivity index is 2.25. The van der Waals surface area contributed by atoms with Crippen LogP contribution in [0.3, 0.4) is 0 Å². The molecule has 6 heteroatoms. The zero-order valence-corrected chi connectivity index (χ0v) is 12.8. The molecule has 1 aliphatic heterocycles. The third-order valence-electron chi connectivity index (χ3n) is 3.13. The van der Waals surface area contributed by atoms with E-state index in [1.807, 2.05) is 31.2 Å². The van der Waals surface area contributed by atoms with E-state index in [1.165, 1.54) is 14.0 Å². The molecule has 0 saturated carbocycles. The molecule has 110 valence electrons. The summed E-state index contributed by atoms with van der Waals surface area (Å²) in [6.07, 6.45) is 1.65. The van der Waals surface area contributed by atoms with E-state index in [4.69, 9.17) is 0 Å². The summed E-state index contributed by atoms with van der Waals surface area (Å²) in [5.74, 6) is -1.09. The highest BCUT2D eigenvalue weighted by Gasteiger charge is 2.41. The average molecular weight is 305 g/mol. The van der Waals surface area contributed by atoms with Gasteiger partial charge in [-0.1, -0.05) is 29.8 Å². The van der Waals surface area contributed by atoms with Gasteiger partial charge in [-0.05, 0) is 37.2 Å². The standard InChI is InChI=1S/C15H15NO4S/c1-9-4-6-11(7-5-9)8-12-13(17)16(15(19)21-12)10(2)14(18)20-3/h4-8,10H,1-3H3. The first-order valence-electron chi connectivity index (χ1n) is 6.35. The molecule has 2 rings (SSSR count). The maximum Gasteiger partial charge on any atom is 0.328 e. The number of rotatable bonds is 3. The lowest BCUT2D eigenvalue weighted by Crippen LogP contribution is -2.42. The predicted molar refractivity (Wildman–Crippen MR) is 80.5 cm³/mol. The van der Waals surface area contributed by atoms with Gasteiger partial charge in [-0.2, -0.15) is 0 Å². The number of hydrogen-bond acceptors (Lipinski definition) is 5. The normalized spacial score (nSPS) is 18.2. The molecular weight excluding hydrogens is 290 g/mol. The molecule has 1 aliphatic rings. The first-order valence-corrected chi connectivity index (χ1v) is 7.17. The SMILES string of the molecule is COC(=O)C(C)N1C(=O)SC(=Cc2ccc(C)cc2)C1=O. The molecule has 1 unspecified atom stereocenters. The summed E-state index contributed by atoms with van der Waals surface area (Å²) in [5.41, 5.74) is 1.94. The first kappa shape index (κ1) is 15.3. The van der Waals surface area contributed by atoms with Gasteiger partial charge in [0.2, 0.25) is 0 Å². The second kappa shape index (κ2) is 6.13. The smallest absolute Gasteiger partial charge is 0.328 e. The van der Waals surface area contributed by atoms with Gasteiger partial charge in [0.05, 0.1) is 12.0 Å². The van der Waals surface area contributed by atoms with Crippen molar-refractivity contribution in [2.24, 2.45) is 0 Å². The van der Waals surface area contributed by atoms with Gasteiger partial charge < -0.3 is 4.74 Å². The van der Waals surface area contributed by atoms with Crippen molar-refractivity contribution < 1.29 is 19.1 Å². The molecule has 5 nitrogen and oxygen atoms in total. The number of carbonyl (C=O) groups is 3. The fourth-order valence-electron chi connectivity index (χ4n) is 1.90. The Kier molecular flexibility index (Phi) is 4.47. The van der Waals surface area contributed by atoms with E-state index in [0.717, 1.165) is 27.8 Å². The summed E-state index contributed by atoms with van der Waals surface area (Å²) in [7, 11) is 1.22. The molecule has 0 bridgehead atoms. The van der Waals surface area contributed by atoms with E-state index in [-0.39, 0.29) is 0 Å². The number of methoxy groups -OCH3 is 1. The minimum atomic E-state index is -0.925. The van der Waals surface area contributed by atoms with Crippen molar-refractivity contribution in [3.63, 3.8) is 0 Å². The Bertz CT molecular complexity index is 621. The van der Waals surface area contributed by atoms with E-state index < -0.39 is 23.2 Å². The molecule has 2 amide bonds. The van der Waals surface area contributed by atoms with Gasteiger partial charge >= 0.3 is 5.97 Å². The van der Waals surface area contributed by atoms with Crippen molar-refractivity contribution in [2.75, 3.05) is 7.11 Å². The lowest BCUT2D eigenvalue weighted by atomic mass is 10.1. The molecule has 0 N–H and O–H groups in total. The molecule has 0 aromatic heterocycles. The van der Waals surface area contributed by atoms with Gasteiger partial charge in [-0.15, -0.1) is 0 Å². The van der Waals surface area contributed by atoms with Crippen molar-refractivity contribution >= 4 is 35.0 Å². The van der Waals surface area contributed by atoms with Crippen LogP contribution in [0.15, 0.2) is 29.2 Å². The lowest BCUT2D eigenvalue weighted by molar-refractivity contribution is -0.148. The third kappa shape index (κ3) is 3.16. The quantitative estimate of drug-likeness (QED) is 0.634. The number of hydrogen-bond donors (Lipinski definition) is 0. The summed E-state index contributed by atoms with van der Waals surface area (Å²) in [6, 6.07) is 6.66. The van der Waals surface area contributed by atoms with E-state index in [1.54, 1.807) is 6.08 Å². The van der Waals surface area contributed by atoms with Crippen LogP contribution >= 0.6 is 11.8 Å². The van der Waals surface area contributed by atoms with Gasteiger partial charge in [-0.25, -0.2) is 4.79 Å². The van der Waals surface area contributed by atoms with Crippen molar-refractivity contribution in [3.8, 4) is 0 Å². The molecule has 1 saturated heterocycles. The molecule has 1 aromatic carbocycles. The predicted octanol–water partition coefficient (Wildman–Crippen LogP) is 2.59. The Morgan fingerprint density at radius 3 is 2.48 bits per heavy atom. The molecule has 1 heterocycles. The molecule has 0 aliphatic carbocycles. The van der Waals surface area contributed by atoms with Crippen molar-refractivity contribution in [1.29, 1.82) is 0 Å². The van der Waals surface area contributed by atoms with E-state index in [9.17, 15) is 14.4 Å². The molecule has 1 fully saturated rings. The van der Waals surface area contributed by atoms with Crippen LogP contribution < -0.4 is 0 Å². The number of thioether (sulfide) groups is 1. The monoisotopic (exact) mass is 305 g/mol. The van der Waals surface area contributed by atoms with Crippen LogP contribution in [0.5, 0.6) is 0 Å². The number of amides is 2. The van der Waals surface area contributed by atoms with Crippen LogP contribution in [0.2, 0.25) is 0 Å². The second-order valence-corrected chi connectivity index (χ2v) is 5.65. The average Bonchev–Trinajstić information content (AvgIpc) is 2.74. The van der Waals surface area contributed by atoms with Crippen LogP contribution in [0.25, 0.3) is 6.08 Å².